The van der Waals surface area contributed by atoms with Crippen LogP contribution in [-0.4, -0.2) is 23.1 Å². The maximum Gasteiger partial charge on any atom is 0.417 e. The molecule has 0 unspecified atom stereocenters. The molecular weight excluding hydrogens is 363 g/mol. The molecule has 0 fully saturated rings. The van der Waals surface area contributed by atoms with Crippen molar-refractivity contribution < 1.29 is 32.6 Å². The second-order valence-corrected chi connectivity index (χ2v) is 5.92. The molecule has 1 amide bonds. The number of carbonyl (C=O) groups excluding carboxylic acids is 2. The van der Waals surface area contributed by atoms with Gasteiger partial charge < -0.3 is 15.2 Å². The minimum absolute atomic E-state index is 0.383. The molecule has 0 radical (unpaired) electrons. The molecular formula is C19H18F3NO4. The third-order valence-corrected chi connectivity index (χ3v) is 3.84. The molecule has 0 aliphatic heterocycles. The van der Waals surface area contributed by atoms with Crippen LogP contribution in [0.1, 0.15) is 41.4 Å². The smallest absolute Gasteiger partial charge is 0.417 e. The molecule has 2 N–H and O–H groups in total. The second kappa shape index (κ2) is 8.11. The van der Waals surface area contributed by atoms with Crippen LogP contribution in [0.3, 0.4) is 0 Å². The van der Waals surface area contributed by atoms with Crippen molar-refractivity contribution in [2.45, 2.75) is 32.2 Å². The van der Waals surface area contributed by atoms with Crippen molar-refractivity contribution in [3.8, 4) is 5.75 Å². The molecule has 5 nitrogen and oxygen atoms in total. The van der Waals surface area contributed by atoms with Gasteiger partial charge in [-0.25, -0.2) is 4.79 Å². The summed E-state index contributed by atoms with van der Waals surface area (Å²) in [5, 5.41) is 12.0. The fraction of sp³-hybridized carbons (Fsp3) is 0.263. The summed E-state index contributed by atoms with van der Waals surface area (Å²) in [6.07, 6.45) is -6.14. The topological polar surface area (TPSA) is 75.6 Å². The Hall–Kier alpha value is -3.03. The first-order chi connectivity index (χ1) is 12.6. The number of benzene rings is 2. The van der Waals surface area contributed by atoms with Gasteiger partial charge in [-0.2, -0.15) is 13.2 Å². The summed E-state index contributed by atoms with van der Waals surface area (Å²) >= 11 is 0. The third kappa shape index (κ3) is 5.22. The summed E-state index contributed by atoms with van der Waals surface area (Å²) in [4.78, 5) is 24.3. The number of hydrogen-bond acceptors (Lipinski definition) is 4. The Morgan fingerprint density at radius 1 is 1.07 bits per heavy atom. The van der Waals surface area contributed by atoms with E-state index < -0.39 is 41.0 Å². The number of amides is 1. The van der Waals surface area contributed by atoms with Gasteiger partial charge in [-0.05, 0) is 37.6 Å². The number of alkyl halides is 3. The van der Waals surface area contributed by atoms with Gasteiger partial charge >= 0.3 is 12.1 Å². The number of ether oxygens (including phenoxy) is 1. The van der Waals surface area contributed by atoms with E-state index in [1.807, 2.05) is 6.07 Å². The lowest BCUT2D eigenvalue weighted by atomic mass is 10.1. The van der Waals surface area contributed by atoms with E-state index in [0.29, 0.717) is 12.1 Å². The predicted molar refractivity (Wildman–Crippen MR) is 91.0 cm³/mol. The summed E-state index contributed by atoms with van der Waals surface area (Å²) < 4.78 is 43.9. The van der Waals surface area contributed by atoms with Crippen LogP contribution >= 0.6 is 0 Å². The fourth-order valence-corrected chi connectivity index (χ4v) is 2.38. The van der Waals surface area contributed by atoms with Crippen LogP contribution in [0.4, 0.5) is 13.2 Å². The lowest BCUT2D eigenvalue weighted by molar-refractivity contribution is -0.138. The number of carbonyl (C=O) groups is 2. The molecule has 144 valence electrons. The first-order valence-electron chi connectivity index (χ1n) is 8.06. The lowest BCUT2D eigenvalue weighted by Crippen LogP contribution is -2.37. The first-order valence-corrected chi connectivity index (χ1v) is 8.06. The van der Waals surface area contributed by atoms with Gasteiger partial charge in [0.05, 0.1) is 17.2 Å². The molecule has 0 spiro atoms. The normalized spacial score (nSPS) is 13.5. The van der Waals surface area contributed by atoms with Gasteiger partial charge in [-0.3, -0.25) is 4.79 Å². The van der Waals surface area contributed by atoms with Crippen LogP contribution in [0.15, 0.2) is 48.5 Å². The number of hydrogen-bond donors (Lipinski definition) is 2. The lowest BCUT2D eigenvalue weighted by Gasteiger charge is -2.19. The first kappa shape index (κ1) is 20.3. The Labute approximate surface area is 153 Å². The van der Waals surface area contributed by atoms with Crippen molar-refractivity contribution in [1.29, 1.82) is 0 Å². The highest BCUT2D eigenvalue weighted by atomic mass is 19.4. The van der Waals surface area contributed by atoms with E-state index in [4.69, 9.17) is 4.74 Å². The molecule has 8 heteroatoms. The maximum atomic E-state index is 13.0. The number of phenols is 1. The minimum atomic E-state index is -4.81. The van der Waals surface area contributed by atoms with Crippen LogP contribution in [0.2, 0.25) is 0 Å². The zero-order chi connectivity index (χ0) is 20.2. The highest BCUT2D eigenvalue weighted by Crippen LogP contribution is 2.34. The van der Waals surface area contributed by atoms with Crippen LogP contribution < -0.4 is 5.32 Å². The van der Waals surface area contributed by atoms with Gasteiger partial charge in [-0.1, -0.05) is 30.3 Å². The quantitative estimate of drug-likeness (QED) is 0.772. The maximum absolute atomic E-state index is 13.0. The largest absolute Gasteiger partial charge is 0.508 e. The average Bonchev–Trinajstić information content (AvgIpc) is 2.61. The van der Waals surface area contributed by atoms with Gasteiger partial charge in [0, 0.05) is 0 Å². The molecule has 2 rings (SSSR count). The molecule has 2 aromatic carbocycles. The van der Waals surface area contributed by atoms with Crippen LogP contribution in [0.5, 0.6) is 5.75 Å². The van der Waals surface area contributed by atoms with Gasteiger partial charge in [0.2, 0.25) is 0 Å². The number of rotatable bonds is 5. The van der Waals surface area contributed by atoms with Crippen molar-refractivity contribution in [3.63, 3.8) is 0 Å². The number of phenolic OH excluding ortho intramolecular Hbond substituents is 1. The van der Waals surface area contributed by atoms with E-state index in [2.05, 4.69) is 5.32 Å². The number of esters is 1. The van der Waals surface area contributed by atoms with Gasteiger partial charge in [0.25, 0.3) is 5.91 Å². The zero-order valence-corrected chi connectivity index (χ0v) is 14.6. The van der Waals surface area contributed by atoms with E-state index in [-0.39, 0.29) is 6.04 Å². The average molecular weight is 381 g/mol. The third-order valence-electron chi connectivity index (χ3n) is 3.84. The Balaban J connectivity index is 2.09. The van der Waals surface area contributed by atoms with Crippen molar-refractivity contribution in [3.05, 3.63) is 65.2 Å². The number of aromatic hydroxyl groups is 1. The fourth-order valence-electron chi connectivity index (χ4n) is 2.38. The Morgan fingerprint density at radius 3 is 2.30 bits per heavy atom. The van der Waals surface area contributed by atoms with Crippen molar-refractivity contribution >= 4 is 11.9 Å². The van der Waals surface area contributed by atoms with Crippen LogP contribution in [-0.2, 0) is 15.7 Å². The number of halogens is 3. The van der Waals surface area contributed by atoms with Crippen molar-refractivity contribution in [1.82, 2.24) is 5.32 Å². The van der Waals surface area contributed by atoms with E-state index in [0.717, 1.165) is 11.6 Å². The molecule has 2 atom stereocenters. The van der Waals surface area contributed by atoms with Gasteiger partial charge in [-0.15, -0.1) is 0 Å². The van der Waals surface area contributed by atoms with Crippen molar-refractivity contribution in [2.75, 3.05) is 0 Å². The van der Waals surface area contributed by atoms with E-state index in [1.54, 1.807) is 31.2 Å². The standard InChI is InChI=1S/C19H18F3NO4/c1-11(13-6-4-3-5-7-13)23-17(25)12(2)27-18(26)15-10-14(24)8-9-16(15)19(20,21)22/h3-12,24H,1-2H3,(H,23,25)/t11-,12+/m1/s1. The Bertz CT molecular complexity index is 821. The molecule has 27 heavy (non-hydrogen) atoms. The molecule has 0 heterocycles. The predicted octanol–water partition coefficient (Wildman–Crippen LogP) is 3.83. The SMILES string of the molecule is C[C@H](OC(=O)c1cc(O)ccc1C(F)(F)F)C(=O)N[C@H](C)c1ccccc1. The highest BCUT2D eigenvalue weighted by molar-refractivity contribution is 5.94. The molecule has 2 aromatic rings. The van der Waals surface area contributed by atoms with Crippen molar-refractivity contribution in [2.24, 2.45) is 0 Å². The van der Waals surface area contributed by atoms with Crippen LogP contribution in [0.25, 0.3) is 0 Å². The highest BCUT2D eigenvalue weighted by Gasteiger charge is 2.36. The Morgan fingerprint density at radius 2 is 1.70 bits per heavy atom. The molecule has 0 aliphatic rings. The summed E-state index contributed by atoms with van der Waals surface area (Å²) in [5.74, 6) is -2.54. The zero-order valence-electron chi connectivity index (χ0n) is 14.6. The summed E-state index contributed by atoms with van der Waals surface area (Å²) in [5.41, 5.74) is -1.30. The molecule has 0 bridgehead atoms. The minimum Gasteiger partial charge on any atom is -0.508 e. The summed E-state index contributed by atoms with van der Waals surface area (Å²) in [6.45, 7) is 2.97. The van der Waals surface area contributed by atoms with Gasteiger partial charge in [0.1, 0.15) is 5.75 Å². The molecule has 0 saturated carbocycles. The molecule has 0 aliphatic carbocycles. The van der Waals surface area contributed by atoms with Gasteiger partial charge in [0.15, 0.2) is 6.10 Å². The van der Waals surface area contributed by atoms with E-state index in [9.17, 15) is 27.9 Å². The summed E-state index contributed by atoms with van der Waals surface area (Å²) in [7, 11) is 0. The molecule has 0 aromatic heterocycles. The second-order valence-electron chi connectivity index (χ2n) is 5.92. The van der Waals surface area contributed by atoms with Crippen LogP contribution in [0, 0.1) is 0 Å². The Kier molecular flexibility index (Phi) is 6.09. The number of nitrogens with one attached hydrogen (secondary N) is 1. The molecule has 0 saturated heterocycles. The summed E-state index contributed by atoms with van der Waals surface area (Å²) in [6, 6.07) is 10.7. The van der Waals surface area contributed by atoms with E-state index in [1.165, 1.54) is 6.92 Å². The monoisotopic (exact) mass is 381 g/mol. The van der Waals surface area contributed by atoms with E-state index >= 15 is 0 Å².